The van der Waals surface area contributed by atoms with Crippen LogP contribution in [0.25, 0.3) is 32.7 Å². The van der Waals surface area contributed by atoms with Gasteiger partial charge in [0.05, 0.1) is 0 Å². The van der Waals surface area contributed by atoms with Crippen LogP contribution < -0.4 is 20.6 Å². The van der Waals surface area contributed by atoms with Crippen molar-refractivity contribution in [3.05, 3.63) is 220 Å². The smallest absolute Gasteiger partial charge is 0.333 e. The van der Waals surface area contributed by atoms with E-state index in [2.05, 4.69) is 277 Å². The monoisotopic (exact) mass is 979 g/mol. The molecule has 1 aliphatic carbocycles. The number of anilines is 5. The summed E-state index contributed by atoms with van der Waals surface area (Å²) < 4.78 is 0. The van der Waals surface area contributed by atoms with Crippen molar-refractivity contribution in [2.75, 3.05) is 9.71 Å². The summed E-state index contributed by atoms with van der Waals surface area (Å²) in [6, 6.07) is 67.0. The lowest BCUT2D eigenvalue weighted by molar-refractivity contribution is 0.332. The van der Waals surface area contributed by atoms with Crippen LogP contribution in [0.4, 0.5) is 28.4 Å². The van der Waals surface area contributed by atoms with Crippen molar-refractivity contribution in [2.45, 2.75) is 143 Å². The molecule has 0 aromatic heterocycles. The zero-order valence-electron chi connectivity index (χ0n) is 47.1. The van der Waals surface area contributed by atoms with E-state index < -0.39 is 0 Å². The highest BCUT2D eigenvalue weighted by Crippen LogP contribution is 2.54. The van der Waals surface area contributed by atoms with Gasteiger partial charge in [-0.05, 0) is 177 Å². The number of aryl methyl sites for hydroxylation is 1. The van der Waals surface area contributed by atoms with E-state index >= 15 is 0 Å². The largest absolute Gasteiger partial charge is 0.376 e. The van der Waals surface area contributed by atoms with Gasteiger partial charge in [0.25, 0.3) is 0 Å². The molecule has 2 aliphatic heterocycles. The molecule has 376 valence electrons. The quantitative estimate of drug-likeness (QED) is 0.125. The summed E-state index contributed by atoms with van der Waals surface area (Å²) in [6.07, 6.45) is 2.33. The second-order valence-corrected chi connectivity index (χ2v) is 27.0. The van der Waals surface area contributed by atoms with E-state index in [1.807, 2.05) is 0 Å². The molecule has 0 unspecified atom stereocenters. The Labute approximate surface area is 449 Å². The van der Waals surface area contributed by atoms with Gasteiger partial charge < -0.3 is 9.71 Å². The fraction of sp³-hybridized carbons (Fsp3) is 0.306. The van der Waals surface area contributed by atoms with E-state index in [4.69, 9.17) is 0 Å². The maximum Gasteiger partial charge on any atom is 0.333 e. The SMILES string of the molecule is Cc1cc2c(cc1N1c3cc(C(c4ccc(C(C)(C)C)cc4)c4ccc(C(C)(C)C)cc4)ccc3B3c4c1cc1ccccc1c4-c1cc4ccccc4cc1N3c1ccc(C(C)(C)C)cc1)C(C)(C)CCC2(C)C. The van der Waals surface area contributed by atoms with Crippen molar-refractivity contribution in [1.82, 2.24) is 0 Å². The molecular weight excluding hydrogens is 904 g/mol. The van der Waals surface area contributed by atoms with E-state index in [-0.39, 0.29) is 39.8 Å². The fourth-order valence-corrected chi connectivity index (χ4v) is 13.1. The van der Waals surface area contributed by atoms with E-state index in [0.717, 1.165) is 6.42 Å². The normalized spacial score (nSPS) is 15.7. The van der Waals surface area contributed by atoms with E-state index in [0.29, 0.717) is 0 Å². The van der Waals surface area contributed by atoms with Crippen molar-refractivity contribution in [1.29, 1.82) is 0 Å². The molecule has 9 aromatic rings. The Bertz CT molecular complexity index is 3660. The Morgan fingerprint density at radius 3 is 1.49 bits per heavy atom. The Balaban J connectivity index is 1.20. The maximum atomic E-state index is 2.71. The molecule has 2 nitrogen and oxygen atoms in total. The number of rotatable bonds is 5. The van der Waals surface area contributed by atoms with Crippen LogP contribution in [0, 0.1) is 6.92 Å². The highest BCUT2D eigenvalue weighted by Gasteiger charge is 2.47. The molecular formula is C72H75BN2. The molecule has 2 heterocycles. The summed E-state index contributed by atoms with van der Waals surface area (Å²) in [7, 11) is 0. The second kappa shape index (κ2) is 17.1. The van der Waals surface area contributed by atoms with Gasteiger partial charge in [-0.3, -0.25) is 0 Å². The van der Waals surface area contributed by atoms with Gasteiger partial charge in [0.2, 0.25) is 0 Å². The standard InChI is InChI=1S/C72H75BN2/c1-45-39-58-59(72(13,14)38-37-71(58,11)12)44-61(45)74-63-43-51(65(46-23-28-52(29-24-46)68(2,3)4)47-25-30-53(31-26-47)69(5,6)7)27-36-60(63)73-67-64(74)42-50-21-17-18-22-56(50)66(67)57-40-48-19-15-16-20-49(48)41-62(57)75(73)55-34-32-54(33-35-55)70(8,9)10/h15-36,39-44,65H,37-38H2,1-14H3. The first-order valence-electron chi connectivity index (χ1n) is 27.8. The lowest BCUT2D eigenvalue weighted by Crippen LogP contribution is -2.61. The molecule has 0 atom stereocenters. The highest BCUT2D eigenvalue weighted by atomic mass is 15.2. The predicted molar refractivity (Wildman–Crippen MR) is 325 cm³/mol. The molecule has 0 saturated heterocycles. The van der Waals surface area contributed by atoms with E-state index in [1.54, 1.807) is 0 Å². The van der Waals surface area contributed by atoms with Gasteiger partial charge in [0, 0.05) is 39.9 Å². The van der Waals surface area contributed by atoms with Gasteiger partial charge in [-0.1, -0.05) is 217 Å². The Kier molecular flexibility index (Phi) is 11.2. The minimum atomic E-state index is -0.127. The Hall–Kier alpha value is -6.84. The Morgan fingerprint density at radius 1 is 0.453 bits per heavy atom. The van der Waals surface area contributed by atoms with Gasteiger partial charge in [-0.25, -0.2) is 0 Å². The first-order chi connectivity index (χ1) is 35.5. The molecule has 3 heteroatoms. The lowest BCUT2D eigenvalue weighted by atomic mass is 9.43. The second-order valence-electron chi connectivity index (χ2n) is 27.0. The summed E-state index contributed by atoms with van der Waals surface area (Å²) in [5.41, 5.74) is 23.9. The topological polar surface area (TPSA) is 6.48 Å². The van der Waals surface area contributed by atoms with Gasteiger partial charge in [-0.15, -0.1) is 0 Å². The van der Waals surface area contributed by atoms with Crippen molar-refractivity contribution < 1.29 is 0 Å². The molecule has 0 saturated carbocycles. The van der Waals surface area contributed by atoms with Crippen molar-refractivity contribution >= 4 is 67.8 Å². The van der Waals surface area contributed by atoms with Gasteiger partial charge in [0.15, 0.2) is 0 Å². The highest BCUT2D eigenvalue weighted by molar-refractivity contribution is 6.94. The summed E-state index contributed by atoms with van der Waals surface area (Å²) in [4.78, 5) is 5.41. The molecule has 0 bridgehead atoms. The van der Waals surface area contributed by atoms with E-state index in [1.165, 1.54) is 129 Å². The average Bonchev–Trinajstić information content (AvgIpc) is 3.52. The number of nitrogens with zero attached hydrogens (tertiary/aromatic N) is 2. The third-order valence-electron chi connectivity index (χ3n) is 17.8. The molecule has 75 heavy (non-hydrogen) atoms. The molecule has 12 rings (SSSR count). The number of fused-ring (bicyclic) bond motifs is 8. The molecule has 0 radical (unpaired) electrons. The third-order valence-corrected chi connectivity index (χ3v) is 17.8. The van der Waals surface area contributed by atoms with E-state index in [9.17, 15) is 0 Å². The zero-order chi connectivity index (χ0) is 52.7. The molecule has 0 fully saturated rings. The Morgan fingerprint density at radius 2 is 0.933 bits per heavy atom. The van der Waals surface area contributed by atoms with Crippen LogP contribution in [-0.4, -0.2) is 6.85 Å². The van der Waals surface area contributed by atoms with Gasteiger partial charge in [0.1, 0.15) is 0 Å². The average molecular weight is 979 g/mol. The van der Waals surface area contributed by atoms with Crippen LogP contribution >= 0.6 is 0 Å². The fourth-order valence-electron chi connectivity index (χ4n) is 13.1. The van der Waals surface area contributed by atoms with Crippen molar-refractivity contribution in [3.63, 3.8) is 0 Å². The van der Waals surface area contributed by atoms with Gasteiger partial charge in [-0.2, -0.15) is 0 Å². The van der Waals surface area contributed by atoms with Crippen LogP contribution in [0.1, 0.15) is 159 Å². The van der Waals surface area contributed by atoms with Crippen molar-refractivity contribution in [3.8, 4) is 11.1 Å². The maximum absolute atomic E-state index is 2.71. The molecule has 3 aliphatic rings. The minimum Gasteiger partial charge on any atom is -0.376 e. The first kappa shape index (κ1) is 49.1. The zero-order valence-corrected chi connectivity index (χ0v) is 47.1. The van der Waals surface area contributed by atoms with Crippen LogP contribution in [0.3, 0.4) is 0 Å². The molecule has 0 N–H and O–H groups in total. The summed E-state index contributed by atoms with van der Waals surface area (Å²) >= 11 is 0. The minimum absolute atomic E-state index is 0.00222. The molecule has 9 aromatic carbocycles. The van der Waals surface area contributed by atoms with Crippen molar-refractivity contribution in [2.24, 2.45) is 0 Å². The number of hydrogen-bond acceptors (Lipinski definition) is 2. The summed E-state index contributed by atoms with van der Waals surface area (Å²) in [5, 5.41) is 5.05. The predicted octanol–water partition coefficient (Wildman–Crippen LogP) is 18.4. The van der Waals surface area contributed by atoms with Crippen LogP contribution in [0.15, 0.2) is 170 Å². The number of hydrogen-bond donors (Lipinski definition) is 0. The molecule has 0 spiro atoms. The van der Waals surface area contributed by atoms with Crippen LogP contribution in [0.5, 0.6) is 0 Å². The number of benzene rings is 9. The van der Waals surface area contributed by atoms with Crippen LogP contribution in [-0.2, 0) is 27.1 Å². The van der Waals surface area contributed by atoms with Crippen LogP contribution in [0.2, 0.25) is 0 Å². The van der Waals surface area contributed by atoms with Gasteiger partial charge >= 0.3 is 6.85 Å². The first-order valence-corrected chi connectivity index (χ1v) is 27.8. The third kappa shape index (κ3) is 8.14. The molecule has 0 amide bonds. The summed E-state index contributed by atoms with van der Waals surface area (Å²) in [5.74, 6) is -0.00222. The lowest BCUT2D eigenvalue weighted by Gasteiger charge is -2.47. The summed E-state index contributed by atoms with van der Waals surface area (Å²) in [6.45, 7) is 32.9.